The zero-order valence-electron chi connectivity index (χ0n) is 9.52. The average molecular weight is 294 g/mol. The van der Waals surface area contributed by atoms with E-state index in [0.29, 0.717) is 0 Å². The van der Waals surface area contributed by atoms with Crippen LogP contribution in [0, 0.1) is 11.6 Å². The van der Waals surface area contributed by atoms with Crippen molar-refractivity contribution in [3.63, 3.8) is 0 Å². The smallest absolute Gasteiger partial charge is 0.399 e. The summed E-state index contributed by atoms with van der Waals surface area (Å²) in [6.07, 6.45) is -3.37. The van der Waals surface area contributed by atoms with Gasteiger partial charge in [0.15, 0.2) is 11.6 Å². The summed E-state index contributed by atoms with van der Waals surface area (Å²) in [6, 6.07) is 5.13. The van der Waals surface area contributed by atoms with Gasteiger partial charge in [0.25, 0.3) is 0 Å². The molecule has 2 aromatic carbocycles. The second kappa shape index (κ2) is 4.88. The van der Waals surface area contributed by atoms with Crippen molar-refractivity contribution < 1.29 is 26.7 Å². The van der Waals surface area contributed by atoms with E-state index in [1.165, 1.54) is 30.0 Å². The quantitative estimate of drug-likeness (QED) is 0.584. The molecule has 0 aliphatic heterocycles. The Labute approximate surface area is 109 Å². The molecule has 0 saturated heterocycles. The Bertz CT molecular complexity index is 624. The monoisotopic (exact) mass is 294 g/mol. The third-order valence-electron chi connectivity index (χ3n) is 2.41. The van der Waals surface area contributed by atoms with Crippen LogP contribution in [0.25, 0.3) is 10.8 Å². The van der Waals surface area contributed by atoms with Gasteiger partial charge in [0.2, 0.25) is 5.75 Å². The molecule has 0 aliphatic rings. The lowest BCUT2D eigenvalue weighted by Crippen LogP contribution is -2.19. The first-order valence-corrected chi connectivity index (χ1v) is 6.26. The summed E-state index contributed by atoms with van der Waals surface area (Å²) in [5, 5.41) is 0.0508. The molecule has 0 aliphatic carbocycles. The van der Waals surface area contributed by atoms with Gasteiger partial charge in [0.1, 0.15) is 0 Å². The van der Waals surface area contributed by atoms with E-state index in [9.17, 15) is 22.0 Å². The largest absolute Gasteiger partial charge is 0.573 e. The van der Waals surface area contributed by atoms with E-state index in [4.69, 9.17) is 0 Å². The van der Waals surface area contributed by atoms with E-state index in [2.05, 4.69) is 4.74 Å². The first-order chi connectivity index (χ1) is 8.81. The van der Waals surface area contributed by atoms with Gasteiger partial charge < -0.3 is 4.74 Å². The van der Waals surface area contributed by atoms with Crippen molar-refractivity contribution in [2.24, 2.45) is 0 Å². The standard InChI is InChI=1S/C12H7F5OS/c1-19-7-2-3-8-6(4-7)5-9(13)11(10(8)14)18-12(15,16)17/h2-5H,1H3. The number of rotatable bonds is 2. The van der Waals surface area contributed by atoms with Crippen LogP contribution in [0.3, 0.4) is 0 Å². The predicted molar refractivity (Wildman–Crippen MR) is 62.3 cm³/mol. The second-order valence-corrected chi connectivity index (χ2v) is 4.52. The van der Waals surface area contributed by atoms with Crippen molar-refractivity contribution in [1.82, 2.24) is 0 Å². The van der Waals surface area contributed by atoms with Crippen LogP contribution >= 0.6 is 11.8 Å². The van der Waals surface area contributed by atoms with Crippen LogP contribution in [0.1, 0.15) is 0 Å². The Hall–Kier alpha value is -1.50. The van der Waals surface area contributed by atoms with Crippen LogP contribution in [-0.2, 0) is 0 Å². The van der Waals surface area contributed by atoms with Crippen LogP contribution in [0.5, 0.6) is 5.75 Å². The van der Waals surface area contributed by atoms with Gasteiger partial charge in [-0.15, -0.1) is 24.9 Å². The van der Waals surface area contributed by atoms with E-state index in [1.54, 1.807) is 6.26 Å². The molecule has 0 N–H and O–H groups in total. The van der Waals surface area contributed by atoms with E-state index in [-0.39, 0.29) is 10.8 Å². The molecule has 0 heterocycles. The van der Waals surface area contributed by atoms with Gasteiger partial charge in [0.05, 0.1) is 0 Å². The summed E-state index contributed by atoms with van der Waals surface area (Å²) in [5.74, 6) is -4.18. The first kappa shape index (κ1) is 13.9. The normalized spacial score (nSPS) is 11.9. The van der Waals surface area contributed by atoms with Gasteiger partial charge in [-0.1, -0.05) is 6.07 Å². The number of thioether (sulfide) groups is 1. The highest BCUT2D eigenvalue weighted by Gasteiger charge is 2.34. The number of ether oxygens (including phenoxy) is 1. The summed E-state index contributed by atoms with van der Waals surface area (Å²) in [4.78, 5) is 0.746. The molecule has 2 rings (SSSR count). The molecule has 0 aromatic heterocycles. The lowest BCUT2D eigenvalue weighted by Gasteiger charge is -2.12. The van der Waals surface area contributed by atoms with Crippen molar-refractivity contribution >= 4 is 22.5 Å². The maximum Gasteiger partial charge on any atom is 0.573 e. The summed E-state index contributed by atoms with van der Waals surface area (Å²) in [7, 11) is 0. The van der Waals surface area contributed by atoms with Crippen molar-refractivity contribution in [3.8, 4) is 5.75 Å². The van der Waals surface area contributed by atoms with E-state index < -0.39 is 23.7 Å². The van der Waals surface area contributed by atoms with Gasteiger partial charge in [0, 0.05) is 10.3 Å². The Balaban J connectivity index is 2.62. The molecule has 1 nitrogen and oxygen atoms in total. The van der Waals surface area contributed by atoms with Gasteiger partial charge in [-0.05, 0) is 29.8 Å². The average Bonchev–Trinajstić information content (AvgIpc) is 2.32. The van der Waals surface area contributed by atoms with E-state index >= 15 is 0 Å². The summed E-state index contributed by atoms with van der Waals surface area (Å²) >= 11 is 1.35. The van der Waals surface area contributed by atoms with Crippen molar-refractivity contribution in [3.05, 3.63) is 35.9 Å². The van der Waals surface area contributed by atoms with Crippen molar-refractivity contribution in [1.29, 1.82) is 0 Å². The number of fused-ring (bicyclic) bond motifs is 1. The van der Waals surface area contributed by atoms with E-state index in [0.717, 1.165) is 11.0 Å². The Morgan fingerprint density at radius 2 is 1.79 bits per heavy atom. The minimum atomic E-state index is -5.14. The number of hydrogen-bond acceptors (Lipinski definition) is 2. The molecule has 0 fully saturated rings. The summed E-state index contributed by atoms with van der Waals surface area (Å²) in [6.45, 7) is 0. The molecule has 0 radical (unpaired) electrons. The van der Waals surface area contributed by atoms with Crippen LogP contribution in [-0.4, -0.2) is 12.6 Å². The molecule has 0 amide bonds. The van der Waals surface area contributed by atoms with Crippen LogP contribution in [0.2, 0.25) is 0 Å². The molecule has 0 bridgehead atoms. The summed E-state index contributed by atoms with van der Waals surface area (Å²) in [5.41, 5.74) is 0. The van der Waals surface area contributed by atoms with Gasteiger partial charge in [-0.2, -0.15) is 0 Å². The molecular weight excluding hydrogens is 287 g/mol. The molecule has 0 atom stereocenters. The number of benzene rings is 2. The number of halogens is 5. The molecule has 0 saturated carbocycles. The van der Waals surface area contributed by atoms with Crippen molar-refractivity contribution in [2.75, 3.05) is 6.26 Å². The highest BCUT2D eigenvalue weighted by Crippen LogP contribution is 2.34. The van der Waals surface area contributed by atoms with Crippen LogP contribution in [0.4, 0.5) is 22.0 Å². The number of hydrogen-bond donors (Lipinski definition) is 0. The maximum absolute atomic E-state index is 13.8. The predicted octanol–water partition coefficient (Wildman–Crippen LogP) is 4.74. The molecular formula is C12H7F5OS. The van der Waals surface area contributed by atoms with Crippen molar-refractivity contribution in [2.45, 2.75) is 11.3 Å². The fraction of sp³-hybridized carbons (Fsp3) is 0.167. The fourth-order valence-corrected chi connectivity index (χ4v) is 2.07. The Kier molecular flexibility index (Phi) is 3.58. The molecule has 2 aromatic rings. The topological polar surface area (TPSA) is 9.23 Å². The molecule has 7 heteroatoms. The second-order valence-electron chi connectivity index (χ2n) is 3.64. The lowest BCUT2D eigenvalue weighted by atomic mass is 10.1. The lowest BCUT2D eigenvalue weighted by molar-refractivity contribution is -0.276. The van der Waals surface area contributed by atoms with Gasteiger partial charge in [-0.3, -0.25) is 0 Å². The highest BCUT2D eigenvalue weighted by atomic mass is 32.2. The minimum Gasteiger partial charge on any atom is -0.399 e. The maximum atomic E-state index is 13.8. The molecule has 0 spiro atoms. The van der Waals surface area contributed by atoms with Gasteiger partial charge in [-0.25, -0.2) is 8.78 Å². The molecule has 0 unspecified atom stereocenters. The fourth-order valence-electron chi connectivity index (χ4n) is 1.63. The third-order valence-corrected chi connectivity index (χ3v) is 3.14. The van der Waals surface area contributed by atoms with Crippen LogP contribution < -0.4 is 4.74 Å². The van der Waals surface area contributed by atoms with Gasteiger partial charge >= 0.3 is 6.36 Å². The van der Waals surface area contributed by atoms with E-state index in [1.807, 2.05) is 0 Å². The Morgan fingerprint density at radius 3 is 2.37 bits per heavy atom. The number of alkyl halides is 3. The molecule has 102 valence electrons. The third kappa shape index (κ3) is 2.91. The zero-order chi connectivity index (χ0) is 14.2. The first-order valence-electron chi connectivity index (χ1n) is 5.03. The highest BCUT2D eigenvalue weighted by molar-refractivity contribution is 7.98. The SMILES string of the molecule is CSc1ccc2c(F)c(OC(F)(F)F)c(F)cc2c1. The summed E-state index contributed by atoms with van der Waals surface area (Å²) < 4.78 is 66.9. The molecule has 19 heavy (non-hydrogen) atoms. The van der Waals surface area contributed by atoms with Crippen LogP contribution in [0.15, 0.2) is 29.2 Å². The Morgan fingerprint density at radius 1 is 1.11 bits per heavy atom. The minimum absolute atomic E-state index is 0.126. The zero-order valence-corrected chi connectivity index (χ0v) is 10.3.